The molecule has 0 aromatic carbocycles. The van der Waals surface area contributed by atoms with Gasteiger partial charge in [-0.05, 0) is 32.3 Å². The molecule has 0 spiro atoms. The third-order valence-corrected chi connectivity index (χ3v) is 3.66. The summed E-state index contributed by atoms with van der Waals surface area (Å²) in [5.41, 5.74) is 0.873. The summed E-state index contributed by atoms with van der Waals surface area (Å²) in [6.45, 7) is 0.170. The van der Waals surface area contributed by atoms with Crippen LogP contribution < -0.4 is 0 Å². The highest BCUT2D eigenvalue weighted by Crippen LogP contribution is 2.23. The van der Waals surface area contributed by atoms with E-state index in [9.17, 15) is 10.1 Å². The Bertz CT molecular complexity index is 751. The molecular weight excluding hydrogens is 350 g/mol. The van der Waals surface area contributed by atoms with Gasteiger partial charge in [0.1, 0.15) is 11.0 Å². The van der Waals surface area contributed by atoms with Crippen molar-refractivity contribution in [2.45, 2.75) is 6.54 Å². The van der Waals surface area contributed by atoms with Crippen molar-refractivity contribution in [3.63, 3.8) is 0 Å². The molecule has 0 N–H and O–H groups in total. The molecule has 10 heteroatoms. The summed E-state index contributed by atoms with van der Waals surface area (Å²) in [6, 6.07) is 1.88. The molecule has 0 atom stereocenters. The van der Waals surface area contributed by atoms with Crippen LogP contribution in [0.25, 0.3) is 11.4 Å². The van der Waals surface area contributed by atoms with Gasteiger partial charge >= 0.3 is 5.82 Å². The Balaban J connectivity index is 1.82. The second-order valence-corrected chi connectivity index (χ2v) is 5.41. The van der Waals surface area contributed by atoms with Gasteiger partial charge in [0.25, 0.3) is 5.89 Å². The summed E-state index contributed by atoms with van der Waals surface area (Å²) in [5.74, 6) is 0.570. The Labute approximate surface area is 124 Å². The summed E-state index contributed by atoms with van der Waals surface area (Å²) >= 11 is 4.61. The first-order chi connectivity index (χ1) is 9.63. The fourth-order valence-corrected chi connectivity index (χ4v) is 2.65. The minimum absolute atomic E-state index is 0.170. The van der Waals surface area contributed by atoms with Gasteiger partial charge in [-0.2, -0.15) is 21.0 Å². The monoisotopic (exact) mass is 355 g/mol. The third kappa shape index (κ3) is 2.47. The standard InChI is InChI=1S/C10H6BrN5O3S/c11-7-3-15(13-10(7)16(17)18)4-8-12-9(14-19-8)6-1-2-20-5-6/h1-3,5H,4H2. The summed E-state index contributed by atoms with van der Waals surface area (Å²) in [4.78, 5) is 14.3. The van der Waals surface area contributed by atoms with Crippen molar-refractivity contribution in [1.82, 2.24) is 19.9 Å². The lowest BCUT2D eigenvalue weighted by Gasteiger charge is -1.88. The van der Waals surface area contributed by atoms with E-state index in [0.717, 1.165) is 5.56 Å². The fourth-order valence-electron chi connectivity index (χ4n) is 1.56. The highest BCUT2D eigenvalue weighted by Gasteiger charge is 2.20. The van der Waals surface area contributed by atoms with E-state index in [2.05, 4.69) is 31.2 Å². The summed E-state index contributed by atoms with van der Waals surface area (Å²) in [5, 5.41) is 22.2. The van der Waals surface area contributed by atoms with Crippen LogP contribution in [-0.4, -0.2) is 24.8 Å². The normalized spacial score (nSPS) is 10.8. The zero-order chi connectivity index (χ0) is 14.1. The predicted octanol–water partition coefficient (Wildman–Crippen LogP) is 2.71. The zero-order valence-corrected chi connectivity index (χ0v) is 12.2. The molecule has 102 valence electrons. The number of hydrogen-bond donors (Lipinski definition) is 0. The molecule has 0 saturated heterocycles. The average molecular weight is 356 g/mol. The van der Waals surface area contributed by atoms with E-state index in [0.29, 0.717) is 16.2 Å². The van der Waals surface area contributed by atoms with Crippen LogP contribution >= 0.6 is 27.3 Å². The van der Waals surface area contributed by atoms with Gasteiger partial charge in [0.05, 0.1) is 11.3 Å². The summed E-state index contributed by atoms with van der Waals surface area (Å²) < 4.78 is 6.77. The van der Waals surface area contributed by atoms with Crippen molar-refractivity contribution in [1.29, 1.82) is 0 Å². The lowest BCUT2D eigenvalue weighted by atomic mass is 10.3. The zero-order valence-electron chi connectivity index (χ0n) is 9.76. The molecule has 0 fully saturated rings. The van der Waals surface area contributed by atoms with E-state index >= 15 is 0 Å². The molecule has 3 aromatic heterocycles. The SMILES string of the molecule is O=[N+]([O-])c1nn(Cc2nc(-c3ccsc3)no2)cc1Br. The van der Waals surface area contributed by atoms with Crippen molar-refractivity contribution < 1.29 is 9.45 Å². The average Bonchev–Trinajstić information content (AvgIpc) is 3.09. The molecule has 0 bridgehead atoms. The molecular formula is C10H6BrN5O3S. The first-order valence-electron chi connectivity index (χ1n) is 5.36. The Morgan fingerprint density at radius 2 is 2.40 bits per heavy atom. The third-order valence-electron chi connectivity index (χ3n) is 2.42. The lowest BCUT2D eigenvalue weighted by molar-refractivity contribution is -0.390. The van der Waals surface area contributed by atoms with Crippen molar-refractivity contribution in [3.05, 3.63) is 43.5 Å². The van der Waals surface area contributed by atoms with Crippen LogP contribution in [-0.2, 0) is 6.54 Å². The fraction of sp³-hybridized carbons (Fsp3) is 0.100. The summed E-state index contributed by atoms with van der Waals surface area (Å²) in [7, 11) is 0. The minimum atomic E-state index is -0.564. The maximum absolute atomic E-state index is 10.7. The number of thiophene rings is 1. The van der Waals surface area contributed by atoms with Crippen LogP contribution in [0, 0.1) is 10.1 Å². The van der Waals surface area contributed by atoms with Crippen molar-refractivity contribution in [3.8, 4) is 11.4 Å². The molecule has 0 aliphatic carbocycles. The molecule has 0 aliphatic rings. The van der Waals surface area contributed by atoms with Gasteiger partial charge in [0.15, 0.2) is 0 Å². The maximum Gasteiger partial charge on any atom is 0.404 e. The smallest absolute Gasteiger partial charge is 0.358 e. The first kappa shape index (κ1) is 12.9. The first-order valence-corrected chi connectivity index (χ1v) is 7.09. The second kappa shape index (κ2) is 5.13. The predicted molar refractivity (Wildman–Crippen MR) is 73.3 cm³/mol. The van der Waals surface area contributed by atoms with Gasteiger partial charge in [0.2, 0.25) is 5.82 Å². The maximum atomic E-state index is 10.7. The highest BCUT2D eigenvalue weighted by molar-refractivity contribution is 9.10. The van der Waals surface area contributed by atoms with Crippen LogP contribution in [0.5, 0.6) is 0 Å². The van der Waals surface area contributed by atoms with E-state index in [1.54, 1.807) is 0 Å². The van der Waals surface area contributed by atoms with Crippen LogP contribution in [0.3, 0.4) is 0 Å². The number of rotatable bonds is 4. The molecule has 0 unspecified atom stereocenters. The van der Waals surface area contributed by atoms with Gasteiger partial charge in [-0.1, -0.05) is 5.16 Å². The topological polar surface area (TPSA) is 99.9 Å². The summed E-state index contributed by atoms with van der Waals surface area (Å²) in [6.07, 6.45) is 1.49. The van der Waals surface area contributed by atoms with E-state index < -0.39 is 4.92 Å². The van der Waals surface area contributed by atoms with Gasteiger partial charge in [-0.25, -0.2) is 0 Å². The molecule has 3 heterocycles. The van der Waals surface area contributed by atoms with Crippen molar-refractivity contribution in [2.24, 2.45) is 0 Å². The van der Waals surface area contributed by atoms with Crippen LogP contribution in [0.4, 0.5) is 5.82 Å². The van der Waals surface area contributed by atoms with E-state index in [1.807, 2.05) is 16.8 Å². The van der Waals surface area contributed by atoms with E-state index in [4.69, 9.17) is 4.52 Å². The minimum Gasteiger partial charge on any atom is -0.358 e. The molecule has 0 aliphatic heterocycles. The van der Waals surface area contributed by atoms with Crippen LogP contribution in [0.1, 0.15) is 5.89 Å². The van der Waals surface area contributed by atoms with E-state index in [-0.39, 0.29) is 12.4 Å². The number of aromatic nitrogens is 4. The molecule has 0 saturated carbocycles. The molecule has 3 rings (SSSR count). The number of halogens is 1. The van der Waals surface area contributed by atoms with E-state index in [1.165, 1.54) is 22.2 Å². The Kier molecular flexibility index (Phi) is 3.32. The van der Waals surface area contributed by atoms with Gasteiger partial charge in [-0.15, -0.1) is 0 Å². The van der Waals surface area contributed by atoms with Gasteiger partial charge < -0.3 is 14.6 Å². The molecule has 8 nitrogen and oxygen atoms in total. The van der Waals surface area contributed by atoms with Crippen molar-refractivity contribution >= 4 is 33.1 Å². The molecule has 3 aromatic rings. The Hall–Kier alpha value is -2.07. The Morgan fingerprint density at radius 3 is 3.05 bits per heavy atom. The van der Waals surface area contributed by atoms with Crippen LogP contribution in [0.2, 0.25) is 0 Å². The molecule has 0 amide bonds. The number of nitro groups is 1. The van der Waals surface area contributed by atoms with Crippen LogP contribution in [0.15, 0.2) is 32.0 Å². The Morgan fingerprint density at radius 1 is 1.55 bits per heavy atom. The van der Waals surface area contributed by atoms with Gasteiger partial charge in [0, 0.05) is 10.9 Å². The molecule has 0 radical (unpaired) electrons. The van der Waals surface area contributed by atoms with Gasteiger partial charge in [-0.3, -0.25) is 0 Å². The number of hydrogen-bond acceptors (Lipinski definition) is 7. The lowest BCUT2D eigenvalue weighted by Crippen LogP contribution is -2.01. The number of nitrogens with zero attached hydrogens (tertiary/aromatic N) is 5. The second-order valence-electron chi connectivity index (χ2n) is 3.78. The largest absolute Gasteiger partial charge is 0.404 e. The highest BCUT2D eigenvalue weighted by atomic mass is 79.9. The quantitative estimate of drug-likeness (QED) is 0.526. The van der Waals surface area contributed by atoms with Crippen molar-refractivity contribution in [2.75, 3.05) is 0 Å². The molecule has 20 heavy (non-hydrogen) atoms.